The summed E-state index contributed by atoms with van der Waals surface area (Å²) >= 11 is 0. The van der Waals surface area contributed by atoms with Crippen LogP contribution in [0.3, 0.4) is 0 Å². The van der Waals surface area contributed by atoms with Crippen LogP contribution in [0.2, 0.25) is 0 Å². The molecule has 3 aromatic rings. The number of piperidine rings is 1. The molecule has 0 unspecified atom stereocenters. The average molecular weight is 516 g/mol. The Kier molecular flexibility index (Phi) is 8.03. The number of hydrogen-bond donors (Lipinski definition) is 0. The Morgan fingerprint density at radius 3 is 2.47 bits per heavy atom. The molecule has 0 aliphatic carbocycles. The molecule has 6 nitrogen and oxygen atoms in total. The zero-order valence-corrected chi connectivity index (χ0v) is 22.0. The first-order valence-corrected chi connectivity index (χ1v) is 13.2. The lowest BCUT2D eigenvalue weighted by Gasteiger charge is -2.33. The minimum atomic E-state index is -0.350. The van der Waals surface area contributed by atoms with Gasteiger partial charge in [0, 0.05) is 23.6 Å². The van der Waals surface area contributed by atoms with Gasteiger partial charge in [-0.05, 0) is 68.1 Å². The normalized spacial score (nSPS) is 18.3. The summed E-state index contributed by atoms with van der Waals surface area (Å²) in [5, 5.41) is 6.30. The first-order chi connectivity index (χ1) is 18.5. The number of likely N-dealkylation sites (tertiary alicyclic amines) is 1. The monoisotopic (exact) mass is 515 g/mol. The van der Waals surface area contributed by atoms with E-state index in [1.165, 1.54) is 17.7 Å². The number of carbonyl (C=O) groups is 1. The molecule has 1 amide bonds. The molecule has 0 spiro atoms. The zero-order chi connectivity index (χ0) is 26.5. The van der Waals surface area contributed by atoms with Gasteiger partial charge in [-0.3, -0.25) is 9.69 Å². The first-order valence-electron chi connectivity index (χ1n) is 13.2. The van der Waals surface area contributed by atoms with Crippen LogP contribution in [0.1, 0.15) is 42.0 Å². The highest BCUT2D eigenvalue weighted by atomic mass is 19.1. The van der Waals surface area contributed by atoms with Crippen LogP contribution in [0.4, 0.5) is 4.39 Å². The summed E-state index contributed by atoms with van der Waals surface area (Å²) in [6.45, 7) is 2.06. The number of carbonyl (C=O) groups excluding carboxylic acids is 1. The van der Waals surface area contributed by atoms with Gasteiger partial charge in [0.2, 0.25) is 0 Å². The number of hydrazone groups is 1. The number of ether oxygens (including phenoxy) is 2. The van der Waals surface area contributed by atoms with E-state index in [0.29, 0.717) is 41.7 Å². The third-order valence-electron chi connectivity index (χ3n) is 7.56. The number of hydrogen-bond acceptors (Lipinski definition) is 5. The lowest BCUT2D eigenvalue weighted by atomic mass is 9.90. The molecule has 0 aromatic heterocycles. The second kappa shape index (κ2) is 11.8. The van der Waals surface area contributed by atoms with Crippen LogP contribution in [0.25, 0.3) is 0 Å². The van der Waals surface area contributed by atoms with Gasteiger partial charge in [0.25, 0.3) is 5.91 Å². The first kappa shape index (κ1) is 25.9. The maximum Gasteiger partial charge on any atom is 0.257 e. The zero-order valence-electron chi connectivity index (χ0n) is 22.0. The van der Waals surface area contributed by atoms with Crippen molar-refractivity contribution < 1.29 is 18.7 Å². The Balaban J connectivity index is 1.32. The van der Waals surface area contributed by atoms with Gasteiger partial charge in [-0.2, -0.15) is 5.10 Å². The summed E-state index contributed by atoms with van der Waals surface area (Å²) < 4.78 is 25.0. The summed E-state index contributed by atoms with van der Waals surface area (Å²) in [4.78, 5) is 15.9. The largest absolute Gasteiger partial charge is 0.497 e. The number of methoxy groups -OCH3 is 2. The SMILES string of the molecule is COc1ccc([C@@H]2CC(c3cccc(F)c3)=NN2C(=O)CN2CCC(Cc3ccccc3)CC2)c(OC)c1. The minimum Gasteiger partial charge on any atom is -0.497 e. The maximum absolute atomic E-state index is 14.0. The summed E-state index contributed by atoms with van der Waals surface area (Å²) in [6.07, 6.45) is 3.68. The molecule has 1 fully saturated rings. The van der Waals surface area contributed by atoms with E-state index in [-0.39, 0.29) is 17.8 Å². The van der Waals surface area contributed by atoms with E-state index in [2.05, 4.69) is 29.2 Å². The van der Waals surface area contributed by atoms with Crippen molar-refractivity contribution in [2.75, 3.05) is 33.9 Å². The summed E-state index contributed by atoms with van der Waals surface area (Å²) in [5.74, 6) is 1.54. The molecular weight excluding hydrogens is 481 g/mol. The lowest BCUT2D eigenvalue weighted by molar-refractivity contribution is -0.134. The number of amides is 1. The molecule has 38 heavy (non-hydrogen) atoms. The fourth-order valence-electron chi connectivity index (χ4n) is 5.48. The summed E-state index contributed by atoms with van der Waals surface area (Å²) in [6, 6.07) is 22.2. The van der Waals surface area contributed by atoms with Crippen molar-refractivity contribution in [2.45, 2.75) is 31.7 Å². The molecule has 1 saturated heterocycles. The van der Waals surface area contributed by atoms with Gasteiger partial charge in [-0.15, -0.1) is 0 Å². The molecule has 5 rings (SSSR count). The number of rotatable bonds is 8. The number of nitrogens with zero attached hydrogens (tertiary/aromatic N) is 3. The molecule has 7 heteroatoms. The summed E-state index contributed by atoms with van der Waals surface area (Å²) in [5.41, 5.74) is 3.58. The van der Waals surface area contributed by atoms with Crippen molar-refractivity contribution in [1.29, 1.82) is 0 Å². The van der Waals surface area contributed by atoms with E-state index >= 15 is 0 Å². The van der Waals surface area contributed by atoms with E-state index in [4.69, 9.17) is 14.6 Å². The van der Waals surface area contributed by atoms with E-state index in [1.54, 1.807) is 25.3 Å². The highest BCUT2D eigenvalue weighted by Crippen LogP contribution is 2.39. The Bertz CT molecular complexity index is 1290. The van der Waals surface area contributed by atoms with Crippen LogP contribution in [0.5, 0.6) is 11.5 Å². The highest BCUT2D eigenvalue weighted by molar-refractivity contribution is 6.03. The molecule has 1 atom stereocenters. The molecule has 0 bridgehead atoms. The van der Waals surface area contributed by atoms with Crippen molar-refractivity contribution in [3.05, 3.63) is 95.3 Å². The Hall–Kier alpha value is -3.71. The third kappa shape index (κ3) is 5.89. The van der Waals surface area contributed by atoms with E-state index in [9.17, 15) is 9.18 Å². The minimum absolute atomic E-state index is 0.0687. The van der Waals surface area contributed by atoms with Gasteiger partial charge in [0.15, 0.2) is 0 Å². The van der Waals surface area contributed by atoms with Crippen LogP contribution in [0.15, 0.2) is 77.9 Å². The van der Waals surface area contributed by atoms with Crippen LogP contribution in [0, 0.1) is 11.7 Å². The van der Waals surface area contributed by atoms with Crippen molar-refractivity contribution >= 4 is 11.6 Å². The van der Waals surface area contributed by atoms with Crippen LogP contribution < -0.4 is 9.47 Å². The number of halogens is 1. The van der Waals surface area contributed by atoms with Crippen molar-refractivity contribution in [1.82, 2.24) is 9.91 Å². The second-order valence-corrected chi connectivity index (χ2v) is 10.0. The van der Waals surface area contributed by atoms with Gasteiger partial charge in [-0.25, -0.2) is 9.40 Å². The Morgan fingerprint density at radius 1 is 0.974 bits per heavy atom. The molecule has 0 N–H and O–H groups in total. The summed E-state index contributed by atoms with van der Waals surface area (Å²) in [7, 11) is 3.21. The van der Waals surface area contributed by atoms with Crippen molar-refractivity contribution in [3.63, 3.8) is 0 Å². The standard InChI is InChI=1S/C31H34FN3O3/c1-37-26-11-12-27(30(19-26)38-2)29-20-28(24-9-6-10-25(32)18-24)33-35(29)31(36)21-34-15-13-23(14-16-34)17-22-7-4-3-5-8-22/h3-12,18-19,23,29H,13-17,20-21H2,1-2H3/t29-/m0/s1. The predicted molar refractivity (Wildman–Crippen MR) is 146 cm³/mol. The van der Waals surface area contributed by atoms with Crippen LogP contribution in [-0.4, -0.2) is 55.4 Å². The second-order valence-electron chi connectivity index (χ2n) is 10.0. The predicted octanol–water partition coefficient (Wildman–Crippen LogP) is 5.48. The quantitative estimate of drug-likeness (QED) is 0.399. The third-order valence-corrected chi connectivity index (χ3v) is 7.56. The van der Waals surface area contributed by atoms with Gasteiger partial charge in [0.1, 0.15) is 17.3 Å². The van der Waals surface area contributed by atoms with Crippen molar-refractivity contribution in [2.24, 2.45) is 11.0 Å². The van der Waals surface area contributed by atoms with E-state index < -0.39 is 0 Å². The highest BCUT2D eigenvalue weighted by Gasteiger charge is 2.36. The van der Waals surface area contributed by atoms with Crippen molar-refractivity contribution in [3.8, 4) is 11.5 Å². The maximum atomic E-state index is 14.0. The molecule has 0 radical (unpaired) electrons. The number of benzene rings is 3. The molecule has 2 aliphatic heterocycles. The van der Waals surface area contributed by atoms with Crippen LogP contribution >= 0.6 is 0 Å². The van der Waals surface area contributed by atoms with Gasteiger partial charge < -0.3 is 9.47 Å². The van der Waals surface area contributed by atoms with E-state index in [0.717, 1.165) is 37.9 Å². The molecular formula is C31H34FN3O3. The smallest absolute Gasteiger partial charge is 0.257 e. The topological polar surface area (TPSA) is 54.4 Å². The lowest BCUT2D eigenvalue weighted by Crippen LogP contribution is -2.42. The van der Waals surface area contributed by atoms with Crippen LogP contribution in [-0.2, 0) is 11.2 Å². The Labute approximate surface area is 223 Å². The molecule has 198 valence electrons. The van der Waals surface area contributed by atoms with Gasteiger partial charge in [0.05, 0.1) is 32.5 Å². The molecule has 2 aliphatic rings. The van der Waals surface area contributed by atoms with Gasteiger partial charge in [-0.1, -0.05) is 42.5 Å². The molecule has 0 saturated carbocycles. The molecule has 2 heterocycles. The van der Waals surface area contributed by atoms with Gasteiger partial charge >= 0.3 is 0 Å². The fraction of sp³-hybridized carbons (Fsp3) is 0.355. The average Bonchev–Trinajstić information content (AvgIpc) is 3.40. The molecule has 3 aromatic carbocycles. The fourth-order valence-corrected chi connectivity index (χ4v) is 5.48. The Morgan fingerprint density at radius 2 is 1.76 bits per heavy atom. The van der Waals surface area contributed by atoms with E-state index in [1.807, 2.05) is 30.3 Å².